The molecule has 2 aliphatic carbocycles. The number of nitrogens with one attached hydrogen (secondary N) is 1. The number of benzene rings is 1. The third-order valence-corrected chi connectivity index (χ3v) is 6.62. The Morgan fingerprint density at radius 2 is 1.88 bits per heavy atom. The first-order valence-corrected chi connectivity index (χ1v) is 11.5. The van der Waals surface area contributed by atoms with Crippen molar-refractivity contribution in [3.05, 3.63) is 47.3 Å². The summed E-state index contributed by atoms with van der Waals surface area (Å²) in [4.78, 5) is 36.1. The summed E-state index contributed by atoms with van der Waals surface area (Å²) in [5.74, 6) is -0.716. The molecule has 0 aliphatic heterocycles. The summed E-state index contributed by atoms with van der Waals surface area (Å²) in [6.45, 7) is 4.10. The van der Waals surface area contributed by atoms with Crippen LogP contribution in [0.1, 0.15) is 72.4 Å². The topological polar surface area (TPSA) is 129 Å². The fourth-order valence-corrected chi connectivity index (χ4v) is 4.98. The van der Waals surface area contributed by atoms with Gasteiger partial charge in [0.1, 0.15) is 6.10 Å². The fraction of sp³-hybridized carbons (Fsp3) is 0.480. The average molecular weight is 453 g/mol. The minimum Gasteiger partial charge on any atom is -0.461 e. The molecule has 2 aliphatic rings. The van der Waals surface area contributed by atoms with E-state index in [0.29, 0.717) is 17.7 Å². The van der Waals surface area contributed by atoms with E-state index in [1.165, 1.54) is 0 Å². The summed E-state index contributed by atoms with van der Waals surface area (Å²) in [6.07, 6.45) is 6.21. The Morgan fingerprint density at radius 3 is 2.55 bits per heavy atom. The molecule has 176 valence electrons. The van der Waals surface area contributed by atoms with Crippen molar-refractivity contribution in [2.24, 2.45) is 16.9 Å². The summed E-state index contributed by atoms with van der Waals surface area (Å²) in [5, 5.41) is 3.48. The van der Waals surface area contributed by atoms with Gasteiger partial charge >= 0.3 is 5.97 Å². The van der Waals surface area contributed by atoms with E-state index in [2.05, 4.69) is 19.2 Å². The maximum atomic E-state index is 12.6. The molecule has 8 heteroatoms. The molecule has 0 saturated heterocycles. The lowest BCUT2D eigenvalue weighted by Crippen LogP contribution is -2.33. The predicted octanol–water partition coefficient (Wildman–Crippen LogP) is 2.96. The molecule has 33 heavy (non-hydrogen) atoms. The number of nitrogens with two attached hydrogens (primary N) is 2. The second-order valence-electron chi connectivity index (χ2n) is 9.89. The molecule has 4 rings (SSSR count). The molecule has 0 radical (unpaired) electrons. The summed E-state index contributed by atoms with van der Waals surface area (Å²) in [5.41, 5.74) is 14.6. The number of ether oxygens (including phenoxy) is 1. The highest BCUT2D eigenvalue weighted by molar-refractivity contribution is 6.00. The van der Waals surface area contributed by atoms with E-state index in [1.54, 1.807) is 6.07 Å². The second-order valence-corrected chi connectivity index (χ2v) is 9.89. The number of aromatic nitrogens is 1. The van der Waals surface area contributed by atoms with Crippen LogP contribution in [0.2, 0.25) is 0 Å². The van der Waals surface area contributed by atoms with Crippen molar-refractivity contribution in [3.8, 4) is 5.69 Å². The zero-order valence-corrected chi connectivity index (χ0v) is 19.2. The Bertz CT molecular complexity index is 1080. The number of carbonyl (C=O) groups excluding carboxylic acids is 3. The first-order valence-electron chi connectivity index (χ1n) is 11.5. The first kappa shape index (κ1) is 23.0. The Balaban J connectivity index is 1.57. The number of anilines is 1. The second kappa shape index (κ2) is 9.02. The van der Waals surface area contributed by atoms with Gasteiger partial charge in [-0.25, -0.2) is 0 Å². The molecule has 1 aromatic carbocycles. The number of fused-ring (bicyclic) bond motifs is 1. The number of Topliss-reactive ketones (excluding diaryl/α,β-unsaturated/α-hetero) is 1. The van der Waals surface area contributed by atoms with Crippen molar-refractivity contribution in [2.75, 3.05) is 11.9 Å². The Kier molecular flexibility index (Phi) is 6.30. The van der Waals surface area contributed by atoms with Crippen LogP contribution in [0.4, 0.5) is 5.69 Å². The summed E-state index contributed by atoms with van der Waals surface area (Å²) < 4.78 is 7.39. The van der Waals surface area contributed by atoms with Crippen molar-refractivity contribution >= 4 is 23.3 Å². The number of hydrogen-bond acceptors (Lipinski definition) is 6. The molecule has 1 aromatic heterocycles. The molecule has 0 atom stereocenters. The normalized spacial score (nSPS) is 21.8. The van der Waals surface area contributed by atoms with Crippen LogP contribution >= 0.6 is 0 Å². The van der Waals surface area contributed by atoms with Crippen LogP contribution in [-0.4, -0.2) is 40.9 Å². The minimum atomic E-state index is -0.500. The average Bonchev–Trinajstić information content (AvgIpc) is 3.17. The van der Waals surface area contributed by atoms with Gasteiger partial charge in [0, 0.05) is 41.3 Å². The molecule has 1 amide bonds. The molecule has 1 heterocycles. The van der Waals surface area contributed by atoms with E-state index in [9.17, 15) is 14.4 Å². The van der Waals surface area contributed by atoms with Gasteiger partial charge in [0.2, 0.25) is 0 Å². The number of nitrogens with zero attached hydrogens (tertiary/aromatic N) is 1. The van der Waals surface area contributed by atoms with Crippen LogP contribution in [0, 0.1) is 5.41 Å². The standard InChI is InChI=1S/C25H32N4O4/c1-25(2)12-21-19(22(30)13-25)9-10-29(21)16-5-8-18(24(27)32)20(11-16)28-15-3-6-17(7-4-15)33-23(31)14-26/h5,8-11,15,17,28H,3-4,6-7,12-14,26H2,1-2H3,(H2,27,32). The van der Waals surface area contributed by atoms with Gasteiger partial charge in [-0.2, -0.15) is 0 Å². The lowest BCUT2D eigenvalue weighted by Gasteiger charge is -2.31. The Hall–Kier alpha value is -3.13. The monoisotopic (exact) mass is 452 g/mol. The van der Waals surface area contributed by atoms with Crippen molar-refractivity contribution in [1.29, 1.82) is 0 Å². The lowest BCUT2D eigenvalue weighted by atomic mass is 9.76. The molecule has 5 N–H and O–H groups in total. The molecular weight excluding hydrogens is 420 g/mol. The number of hydrogen-bond donors (Lipinski definition) is 3. The van der Waals surface area contributed by atoms with Crippen molar-refractivity contribution in [1.82, 2.24) is 4.57 Å². The zero-order chi connectivity index (χ0) is 23.8. The van der Waals surface area contributed by atoms with Crippen LogP contribution in [0.3, 0.4) is 0 Å². The molecule has 0 spiro atoms. The van der Waals surface area contributed by atoms with Crippen LogP contribution < -0.4 is 16.8 Å². The van der Waals surface area contributed by atoms with Gasteiger partial charge in [0.25, 0.3) is 5.91 Å². The van der Waals surface area contributed by atoms with Gasteiger partial charge in [-0.3, -0.25) is 14.4 Å². The van der Waals surface area contributed by atoms with Crippen molar-refractivity contribution in [3.63, 3.8) is 0 Å². The van der Waals surface area contributed by atoms with Crippen LogP contribution in [0.5, 0.6) is 0 Å². The molecule has 8 nitrogen and oxygen atoms in total. The molecular formula is C25H32N4O4. The molecule has 2 aromatic rings. The maximum Gasteiger partial charge on any atom is 0.319 e. The van der Waals surface area contributed by atoms with Gasteiger partial charge in [-0.15, -0.1) is 0 Å². The highest BCUT2D eigenvalue weighted by Gasteiger charge is 2.33. The number of esters is 1. The van der Waals surface area contributed by atoms with Gasteiger partial charge in [-0.05, 0) is 61.8 Å². The fourth-order valence-electron chi connectivity index (χ4n) is 4.98. The number of carbonyl (C=O) groups is 3. The highest BCUT2D eigenvalue weighted by Crippen LogP contribution is 2.37. The van der Waals surface area contributed by atoms with Gasteiger partial charge in [-0.1, -0.05) is 13.8 Å². The molecule has 1 saturated carbocycles. The van der Waals surface area contributed by atoms with E-state index in [0.717, 1.165) is 49.0 Å². The largest absolute Gasteiger partial charge is 0.461 e. The molecule has 0 bridgehead atoms. The van der Waals surface area contributed by atoms with Gasteiger partial charge < -0.3 is 26.1 Å². The zero-order valence-electron chi connectivity index (χ0n) is 19.2. The van der Waals surface area contributed by atoms with Crippen LogP contribution in [-0.2, 0) is 16.0 Å². The summed E-state index contributed by atoms with van der Waals surface area (Å²) in [6, 6.07) is 7.53. The molecule has 0 unspecified atom stereocenters. The van der Waals surface area contributed by atoms with Crippen LogP contribution in [0.25, 0.3) is 5.69 Å². The van der Waals surface area contributed by atoms with Gasteiger partial charge in [0.15, 0.2) is 5.78 Å². The van der Waals surface area contributed by atoms with E-state index in [-0.39, 0.29) is 35.9 Å². The quantitative estimate of drug-likeness (QED) is 0.578. The van der Waals surface area contributed by atoms with E-state index < -0.39 is 5.91 Å². The van der Waals surface area contributed by atoms with E-state index in [1.807, 2.05) is 29.0 Å². The van der Waals surface area contributed by atoms with Crippen molar-refractivity contribution in [2.45, 2.75) is 64.5 Å². The summed E-state index contributed by atoms with van der Waals surface area (Å²) >= 11 is 0. The third-order valence-electron chi connectivity index (χ3n) is 6.62. The van der Waals surface area contributed by atoms with E-state index >= 15 is 0 Å². The first-order chi connectivity index (χ1) is 15.7. The molecule has 1 fully saturated rings. The van der Waals surface area contributed by atoms with Crippen molar-refractivity contribution < 1.29 is 19.1 Å². The Morgan fingerprint density at radius 1 is 1.15 bits per heavy atom. The lowest BCUT2D eigenvalue weighted by molar-refractivity contribution is -0.148. The maximum absolute atomic E-state index is 12.6. The number of ketones is 1. The number of rotatable bonds is 6. The third kappa shape index (κ3) is 4.95. The number of amides is 1. The Labute approximate surface area is 193 Å². The van der Waals surface area contributed by atoms with Crippen LogP contribution in [0.15, 0.2) is 30.5 Å². The highest BCUT2D eigenvalue weighted by atomic mass is 16.5. The smallest absolute Gasteiger partial charge is 0.319 e. The summed E-state index contributed by atoms with van der Waals surface area (Å²) in [7, 11) is 0. The SMILES string of the molecule is CC1(C)CC(=O)c2ccn(-c3ccc(C(N)=O)c(NC4CCC(OC(=O)CN)CC4)c3)c2C1. The minimum absolute atomic E-state index is 0.0968. The van der Waals surface area contributed by atoms with E-state index in [4.69, 9.17) is 16.2 Å². The van der Waals surface area contributed by atoms with Gasteiger partial charge in [0.05, 0.1) is 12.1 Å². The number of primary amides is 1. The predicted molar refractivity (Wildman–Crippen MR) is 126 cm³/mol.